The zero-order chi connectivity index (χ0) is 16.3. The lowest BCUT2D eigenvalue weighted by atomic mass is 10.3. The molecule has 0 unspecified atom stereocenters. The second kappa shape index (κ2) is 6.64. The minimum atomic E-state index is -3.55. The molecular formula is C14H21N3O4S. The van der Waals surface area contributed by atoms with Crippen LogP contribution in [-0.4, -0.2) is 63.9 Å². The van der Waals surface area contributed by atoms with Gasteiger partial charge >= 0.3 is 0 Å². The van der Waals surface area contributed by atoms with Crippen LogP contribution in [0.25, 0.3) is 0 Å². The van der Waals surface area contributed by atoms with E-state index in [1.165, 1.54) is 30.5 Å². The van der Waals surface area contributed by atoms with Gasteiger partial charge in [0.15, 0.2) is 0 Å². The molecule has 1 N–H and O–H groups in total. The first-order chi connectivity index (χ1) is 10.3. The lowest BCUT2D eigenvalue weighted by Gasteiger charge is -2.31. The van der Waals surface area contributed by atoms with Crippen molar-refractivity contribution in [3.05, 3.63) is 18.2 Å². The lowest BCUT2D eigenvalue weighted by Crippen LogP contribution is -2.47. The zero-order valence-electron chi connectivity index (χ0n) is 13.0. The predicted octanol–water partition coefficient (Wildman–Crippen LogP) is 0.590. The summed E-state index contributed by atoms with van der Waals surface area (Å²) in [5.74, 6) is 0.0818. The van der Waals surface area contributed by atoms with Gasteiger partial charge < -0.3 is 15.0 Å². The van der Waals surface area contributed by atoms with Gasteiger partial charge in [0, 0.05) is 39.2 Å². The van der Waals surface area contributed by atoms with Crippen molar-refractivity contribution in [3.8, 4) is 5.75 Å². The number of carbonyl (C=O) groups excluding carboxylic acids is 1. The van der Waals surface area contributed by atoms with Crippen molar-refractivity contribution in [2.75, 3.05) is 45.7 Å². The fourth-order valence-corrected chi connectivity index (χ4v) is 3.74. The molecule has 0 atom stereocenters. The summed E-state index contributed by atoms with van der Waals surface area (Å²) in [6.07, 6.45) is 0. The molecule has 22 heavy (non-hydrogen) atoms. The van der Waals surface area contributed by atoms with Crippen LogP contribution in [0.1, 0.15) is 6.92 Å². The largest absolute Gasteiger partial charge is 0.495 e. The van der Waals surface area contributed by atoms with E-state index in [0.717, 1.165) is 0 Å². The molecule has 0 aromatic heterocycles. The van der Waals surface area contributed by atoms with Crippen LogP contribution >= 0.6 is 0 Å². The number of hydrogen-bond donors (Lipinski definition) is 1. The van der Waals surface area contributed by atoms with Gasteiger partial charge in [0.1, 0.15) is 5.75 Å². The van der Waals surface area contributed by atoms with Crippen LogP contribution in [0.15, 0.2) is 23.1 Å². The van der Waals surface area contributed by atoms with Crippen molar-refractivity contribution in [1.29, 1.82) is 0 Å². The molecule has 0 bridgehead atoms. The van der Waals surface area contributed by atoms with E-state index in [0.29, 0.717) is 37.6 Å². The minimum absolute atomic E-state index is 0.169. The number of amides is 1. The number of piperazine rings is 1. The molecule has 0 spiro atoms. The molecule has 2 rings (SSSR count). The fraction of sp³-hybridized carbons (Fsp3) is 0.500. The number of likely N-dealkylation sites (N-methyl/N-ethyl adjacent to an activating group) is 1. The minimum Gasteiger partial charge on any atom is -0.495 e. The molecule has 1 fully saturated rings. The smallest absolute Gasteiger partial charge is 0.243 e. The molecule has 0 aliphatic carbocycles. The summed E-state index contributed by atoms with van der Waals surface area (Å²) in [6, 6.07) is 4.48. The molecule has 0 radical (unpaired) electrons. The third kappa shape index (κ3) is 3.57. The molecular weight excluding hydrogens is 306 g/mol. The van der Waals surface area contributed by atoms with Crippen LogP contribution < -0.4 is 10.1 Å². The van der Waals surface area contributed by atoms with Crippen LogP contribution in [0.2, 0.25) is 0 Å². The van der Waals surface area contributed by atoms with Crippen molar-refractivity contribution in [1.82, 2.24) is 9.21 Å². The van der Waals surface area contributed by atoms with E-state index in [-0.39, 0.29) is 10.8 Å². The molecule has 1 heterocycles. The van der Waals surface area contributed by atoms with Gasteiger partial charge in [-0.1, -0.05) is 0 Å². The predicted molar refractivity (Wildman–Crippen MR) is 83.6 cm³/mol. The van der Waals surface area contributed by atoms with Gasteiger partial charge in [0.25, 0.3) is 0 Å². The number of carbonyl (C=O) groups is 1. The maximum atomic E-state index is 12.7. The first-order valence-electron chi connectivity index (χ1n) is 6.99. The van der Waals surface area contributed by atoms with Crippen molar-refractivity contribution in [3.63, 3.8) is 0 Å². The Kier molecular flexibility index (Phi) is 5.05. The highest BCUT2D eigenvalue weighted by Crippen LogP contribution is 2.29. The Morgan fingerprint density at radius 2 is 1.86 bits per heavy atom. The number of benzene rings is 1. The SMILES string of the molecule is COc1cc(S(=O)(=O)N2CCN(C)CC2)ccc1NC(C)=O. The molecule has 122 valence electrons. The molecule has 1 aliphatic rings. The summed E-state index contributed by atoms with van der Waals surface area (Å²) >= 11 is 0. The van der Waals surface area contributed by atoms with Gasteiger partial charge in [0.2, 0.25) is 15.9 Å². The van der Waals surface area contributed by atoms with Crippen molar-refractivity contribution in [2.24, 2.45) is 0 Å². The Hall–Kier alpha value is -1.64. The number of nitrogens with zero attached hydrogens (tertiary/aromatic N) is 2. The Balaban J connectivity index is 2.29. The number of ether oxygens (including phenoxy) is 1. The van der Waals surface area contributed by atoms with Gasteiger partial charge in [-0.25, -0.2) is 8.42 Å². The number of nitrogens with one attached hydrogen (secondary N) is 1. The number of rotatable bonds is 4. The Labute approximate surface area is 130 Å². The summed E-state index contributed by atoms with van der Waals surface area (Å²) in [7, 11) is -0.144. The summed E-state index contributed by atoms with van der Waals surface area (Å²) in [4.78, 5) is 13.4. The van der Waals surface area contributed by atoms with E-state index in [1.807, 2.05) is 7.05 Å². The number of hydrogen-bond acceptors (Lipinski definition) is 5. The first-order valence-corrected chi connectivity index (χ1v) is 8.43. The number of sulfonamides is 1. The van der Waals surface area contributed by atoms with Crippen LogP contribution in [0.4, 0.5) is 5.69 Å². The maximum Gasteiger partial charge on any atom is 0.243 e. The van der Waals surface area contributed by atoms with E-state index in [4.69, 9.17) is 4.74 Å². The van der Waals surface area contributed by atoms with Gasteiger partial charge in [-0.2, -0.15) is 4.31 Å². The number of anilines is 1. The van der Waals surface area contributed by atoms with Crippen LogP contribution in [0.5, 0.6) is 5.75 Å². The van der Waals surface area contributed by atoms with Gasteiger partial charge in [-0.15, -0.1) is 0 Å². The van der Waals surface area contributed by atoms with E-state index in [1.54, 1.807) is 6.07 Å². The standard InChI is InChI=1S/C14H21N3O4S/c1-11(18)15-13-5-4-12(10-14(13)21-3)22(19,20)17-8-6-16(2)7-9-17/h4-5,10H,6-9H2,1-3H3,(H,15,18). The monoisotopic (exact) mass is 327 g/mol. The summed E-state index contributed by atoms with van der Waals surface area (Å²) in [5.41, 5.74) is 0.451. The van der Waals surface area contributed by atoms with E-state index >= 15 is 0 Å². The third-order valence-corrected chi connectivity index (χ3v) is 5.48. The van der Waals surface area contributed by atoms with E-state index in [2.05, 4.69) is 10.2 Å². The molecule has 1 aromatic carbocycles. The summed E-state index contributed by atoms with van der Waals surface area (Å²) in [6.45, 7) is 3.73. The first kappa shape index (κ1) is 16.7. The van der Waals surface area contributed by atoms with E-state index < -0.39 is 10.0 Å². The molecule has 1 saturated heterocycles. The second-order valence-corrected chi connectivity index (χ2v) is 7.19. The highest BCUT2D eigenvalue weighted by atomic mass is 32.2. The fourth-order valence-electron chi connectivity index (χ4n) is 2.30. The molecule has 7 nitrogen and oxygen atoms in total. The quantitative estimate of drug-likeness (QED) is 0.876. The zero-order valence-corrected chi connectivity index (χ0v) is 13.8. The van der Waals surface area contributed by atoms with Crippen LogP contribution in [0.3, 0.4) is 0 Å². The second-order valence-electron chi connectivity index (χ2n) is 5.25. The summed E-state index contributed by atoms with van der Waals surface area (Å²) < 4.78 is 32.0. The van der Waals surface area contributed by atoms with Crippen LogP contribution in [0, 0.1) is 0 Å². The van der Waals surface area contributed by atoms with Crippen molar-refractivity contribution >= 4 is 21.6 Å². The molecule has 1 amide bonds. The molecule has 0 saturated carbocycles. The van der Waals surface area contributed by atoms with Gasteiger partial charge in [-0.05, 0) is 19.2 Å². The molecule has 8 heteroatoms. The maximum absolute atomic E-state index is 12.7. The highest BCUT2D eigenvalue weighted by molar-refractivity contribution is 7.89. The normalized spacial score (nSPS) is 17.2. The topological polar surface area (TPSA) is 79.0 Å². The van der Waals surface area contributed by atoms with Gasteiger partial charge in [-0.3, -0.25) is 4.79 Å². The van der Waals surface area contributed by atoms with Gasteiger partial charge in [0.05, 0.1) is 17.7 Å². The van der Waals surface area contributed by atoms with Crippen molar-refractivity contribution in [2.45, 2.75) is 11.8 Å². The highest BCUT2D eigenvalue weighted by Gasteiger charge is 2.28. The average Bonchev–Trinajstić information content (AvgIpc) is 2.47. The Bertz CT molecular complexity index is 652. The Morgan fingerprint density at radius 3 is 2.41 bits per heavy atom. The number of methoxy groups -OCH3 is 1. The Morgan fingerprint density at radius 1 is 1.23 bits per heavy atom. The molecule has 1 aliphatic heterocycles. The third-order valence-electron chi connectivity index (χ3n) is 3.58. The van der Waals surface area contributed by atoms with E-state index in [9.17, 15) is 13.2 Å². The van der Waals surface area contributed by atoms with Crippen LogP contribution in [-0.2, 0) is 14.8 Å². The van der Waals surface area contributed by atoms with Crippen molar-refractivity contribution < 1.29 is 17.9 Å². The molecule has 1 aromatic rings. The average molecular weight is 327 g/mol. The summed E-state index contributed by atoms with van der Waals surface area (Å²) in [5, 5.41) is 2.61. The lowest BCUT2D eigenvalue weighted by molar-refractivity contribution is -0.114.